The largest absolute Gasteiger partial charge is 0.416 e. The zero-order valence-electron chi connectivity index (χ0n) is 13.8. The third kappa shape index (κ3) is 4.21. The standard InChI is InChI=1S/C17H15Br2F3N2O3/c18-12-5-10-11(6-13(12)19)16(27)24(15(10)26)7-14(25)23-9-3-1-2-8(4-9)17(20,21)22/h1-4,10-13H,5-7H2,(H,23,25)/t10-,11+,12+,13-. The number of benzene rings is 1. The number of amides is 3. The van der Waals surface area contributed by atoms with Gasteiger partial charge >= 0.3 is 6.18 Å². The molecule has 5 nitrogen and oxygen atoms in total. The van der Waals surface area contributed by atoms with E-state index in [0.717, 1.165) is 17.0 Å². The van der Waals surface area contributed by atoms with E-state index in [9.17, 15) is 27.6 Å². The van der Waals surface area contributed by atoms with Crippen LogP contribution < -0.4 is 5.32 Å². The lowest BCUT2D eigenvalue weighted by atomic mass is 9.81. The van der Waals surface area contributed by atoms with Gasteiger partial charge in [-0.05, 0) is 31.0 Å². The van der Waals surface area contributed by atoms with Crippen molar-refractivity contribution in [3.63, 3.8) is 0 Å². The summed E-state index contributed by atoms with van der Waals surface area (Å²) in [5.74, 6) is -2.49. The van der Waals surface area contributed by atoms with E-state index in [4.69, 9.17) is 0 Å². The highest BCUT2D eigenvalue weighted by atomic mass is 79.9. The number of imide groups is 1. The van der Waals surface area contributed by atoms with Crippen LogP contribution in [0.1, 0.15) is 18.4 Å². The summed E-state index contributed by atoms with van der Waals surface area (Å²) in [4.78, 5) is 38.2. The van der Waals surface area contributed by atoms with Crippen molar-refractivity contribution < 1.29 is 27.6 Å². The SMILES string of the molecule is O=C(CN1C(=O)[C@H]2C[C@@H](Br)[C@@H](Br)C[C@H]2C1=O)Nc1cccc(C(F)(F)F)c1. The van der Waals surface area contributed by atoms with E-state index in [2.05, 4.69) is 37.2 Å². The Bertz CT molecular complexity index is 759. The van der Waals surface area contributed by atoms with Crippen LogP contribution in [0.4, 0.5) is 18.9 Å². The number of anilines is 1. The van der Waals surface area contributed by atoms with E-state index in [0.29, 0.717) is 12.8 Å². The normalized spacial score (nSPS) is 28.3. The highest BCUT2D eigenvalue weighted by Gasteiger charge is 2.52. The molecule has 27 heavy (non-hydrogen) atoms. The molecular weight excluding hydrogens is 497 g/mol. The third-order valence-corrected chi connectivity index (χ3v) is 7.51. The molecule has 0 aromatic heterocycles. The highest BCUT2D eigenvalue weighted by Crippen LogP contribution is 2.43. The number of nitrogens with one attached hydrogen (secondary N) is 1. The molecular formula is C17H15Br2F3N2O3. The molecule has 1 aromatic rings. The summed E-state index contributed by atoms with van der Waals surface area (Å²) in [5.41, 5.74) is -0.946. The van der Waals surface area contributed by atoms with E-state index >= 15 is 0 Å². The number of hydrogen-bond acceptors (Lipinski definition) is 3. The van der Waals surface area contributed by atoms with Crippen LogP contribution in [0.5, 0.6) is 0 Å². The molecule has 3 rings (SSSR count). The van der Waals surface area contributed by atoms with Gasteiger partial charge in [0.1, 0.15) is 6.54 Å². The number of hydrogen-bond donors (Lipinski definition) is 1. The number of alkyl halides is 5. The van der Waals surface area contributed by atoms with Gasteiger partial charge in [-0.15, -0.1) is 0 Å². The number of nitrogens with zero attached hydrogens (tertiary/aromatic N) is 1. The molecule has 3 amide bonds. The zero-order valence-corrected chi connectivity index (χ0v) is 17.0. The molecule has 146 valence electrons. The molecule has 0 unspecified atom stereocenters. The maximum Gasteiger partial charge on any atom is 0.416 e. The first-order chi connectivity index (χ1) is 12.6. The number of fused-ring (bicyclic) bond motifs is 1. The lowest BCUT2D eigenvalue weighted by Gasteiger charge is -2.29. The minimum atomic E-state index is -4.53. The van der Waals surface area contributed by atoms with Gasteiger partial charge in [0.05, 0.1) is 17.4 Å². The molecule has 2 aliphatic rings. The first-order valence-corrected chi connectivity index (χ1v) is 10.0. The van der Waals surface area contributed by atoms with Crippen LogP contribution in [-0.2, 0) is 20.6 Å². The summed E-state index contributed by atoms with van der Waals surface area (Å²) in [5, 5.41) is 2.32. The minimum Gasteiger partial charge on any atom is -0.325 e. The molecule has 4 atom stereocenters. The molecule has 0 radical (unpaired) electrons. The molecule has 1 heterocycles. The summed E-state index contributed by atoms with van der Waals surface area (Å²) in [6.07, 6.45) is -3.57. The van der Waals surface area contributed by atoms with E-state index in [-0.39, 0.29) is 15.3 Å². The molecule has 2 fully saturated rings. The Morgan fingerprint density at radius 3 is 2.19 bits per heavy atom. The quantitative estimate of drug-likeness (QED) is 0.498. The lowest BCUT2D eigenvalue weighted by Crippen LogP contribution is -2.38. The fourth-order valence-electron chi connectivity index (χ4n) is 3.44. The van der Waals surface area contributed by atoms with E-state index in [1.165, 1.54) is 12.1 Å². The third-order valence-electron chi connectivity index (χ3n) is 4.78. The molecule has 1 N–H and O–H groups in total. The Hall–Kier alpha value is -1.42. The van der Waals surface area contributed by atoms with Crippen molar-refractivity contribution in [2.24, 2.45) is 11.8 Å². The van der Waals surface area contributed by atoms with Gasteiger partial charge in [0.2, 0.25) is 17.7 Å². The van der Waals surface area contributed by atoms with Crippen molar-refractivity contribution >= 4 is 55.3 Å². The van der Waals surface area contributed by atoms with E-state index in [1.54, 1.807) is 0 Å². The Labute approximate surface area is 169 Å². The minimum absolute atomic E-state index is 0.0487. The van der Waals surface area contributed by atoms with E-state index in [1.807, 2.05) is 0 Å². The Balaban J connectivity index is 1.68. The average Bonchev–Trinajstić information content (AvgIpc) is 2.80. The van der Waals surface area contributed by atoms with Crippen molar-refractivity contribution in [2.75, 3.05) is 11.9 Å². The van der Waals surface area contributed by atoms with Crippen LogP contribution in [0.15, 0.2) is 24.3 Å². The van der Waals surface area contributed by atoms with Gasteiger partial charge in [-0.2, -0.15) is 13.2 Å². The van der Waals surface area contributed by atoms with Crippen LogP contribution in [0.3, 0.4) is 0 Å². The van der Waals surface area contributed by atoms with Crippen molar-refractivity contribution in [1.82, 2.24) is 4.90 Å². The van der Waals surface area contributed by atoms with Gasteiger partial charge in [0.25, 0.3) is 0 Å². The molecule has 10 heteroatoms. The van der Waals surface area contributed by atoms with E-state index < -0.39 is 47.8 Å². The van der Waals surface area contributed by atoms with Crippen molar-refractivity contribution in [3.05, 3.63) is 29.8 Å². The Morgan fingerprint density at radius 1 is 1.11 bits per heavy atom. The number of carbonyl (C=O) groups excluding carboxylic acids is 3. The van der Waals surface area contributed by atoms with Gasteiger partial charge in [0.15, 0.2) is 0 Å². The van der Waals surface area contributed by atoms with Crippen LogP contribution in [0, 0.1) is 11.8 Å². The molecule has 0 bridgehead atoms. The summed E-state index contributed by atoms with van der Waals surface area (Å²) < 4.78 is 38.3. The fraction of sp³-hybridized carbons (Fsp3) is 0.471. The monoisotopic (exact) mass is 510 g/mol. The van der Waals surface area contributed by atoms with Gasteiger partial charge in [-0.25, -0.2) is 0 Å². The average molecular weight is 512 g/mol. The second-order valence-corrected chi connectivity index (χ2v) is 8.96. The topological polar surface area (TPSA) is 66.5 Å². The van der Waals surface area contributed by atoms with Crippen LogP contribution in [0.2, 0.25) is 0 Å². The predicted molar refractivity (Wildman–Crippen MR) is 98.4 cm³/mol. The summed E-state index contributed by atoms with van der Waals surface area (Å²) >= 11 is 6.95. The van der Waals surface area contributed by atoms with Gasteiger partial charge in [0, 0.05) is 15.3 Å². The first-order valence-electron chi connectivity index (χ1n) is 8.18. The Kier molecular flexibility index (Phi) is 5.67. The lowest BCUT2D eigenvalue weighted by molar-refractivity contribution is -0.142. The predicted octanol–water partition coefficient (Wildman–Crippen LogP) is 3.57. The number of halogens is 5. The second-order valence-electron chi connectivity index (χ2n) is 6.61. The van der Waals surface area contributed by atoms with Crippen LogP contribution in [-0.4, -0.2) is 38.8 Å². The maximum absolute atomic E-state index is 12.8. The molecule has 1 aromatic carbocycles. The summed E-state index contributed by atoms with van der Waals surface area (Å²) in [6, 6.07) is 4.17. The first kappa shape index (κ1) is 20.3. The summed E-state index contributed by atoms with van der Waals surface area (Å²) in [6.45, 7) is -0.513. The van der Waals surface area contributed by atoms with Crippen molar-refractivity contribution in [2.45, 2.75) is 28.7 Å². The number of likely N-dealkylation sites (tertiary alicyclic amines) is 1. The van der Waals surface area contributed by atoms with Crippen molar-refractivity contribution in [1.29, 1.82) is 0 Å². The zero-order chi connectivity index (χ0) is 19.9. The molecule has 1 aliphatic heterocycles. The fourth-order valence-corrected chi connectivity index (χ4v) is 4.67. The van der Waals surface area contributed by atoms with Gasteiger partial charge in [-0.1, -0.05) is 37.9 Å². The molecule has 1 aliphatic carbocycles. The molecule has 1 saturated heterocycles. The molecule has 0 spiro atoms. The molecule has 1 saturated carbocycles. The smallest absolute Gasteiger partial charge is 0.325 e. The van der Waals surface area contributed by atoms with Crippen molar-refractivity contribution in [3.8, 4) is 0 Å². The van der Waals surface area contributed by atoms with Crippen LogP contribution >= 0.6 is 31.9 Å². The maximum atomic E-state index is 12.8. The van der Waals surface area contributed by atoms with Gasteiger partial charge < -0.3 is 5.32 Å². The highest BCUT2D eigenvalue weighted by molar-refractivity contribution is 9.12. The number of carbonyl (C=O) groups is 3. The van der Waals surface area contributed by atoms with Crippen LogP contribution in [0.25, 0.3) is 0 Å². The summed E-state index contributed by atoms with van der Waals surface area (Å²) in [7, 11) is 0. The van der Waals surface area contributed by atoms with Gasteiger partial charge in [-0.3, -0.25) is 19.3 Å². The number of rotatable bonds is 3. The Morgan fingerprint density at radius 2 is 1.67 bits per heavy atom. The second kappa shape index (κ2) is 7.54.